The van der Waals surface area contributed by atoms with E-state index in [4.69, 9.17) is 0 Å². The number of rotatable bonds is 6. The molecule has 0 aliphatic carbocycles. The van der Waals surface area contributed by atoms with Crippen molar-refractivity contribution in [2.45, 2.75) is 31.8 Å². The van der Waals surface area contributed by atoms with Gasteiger partial charge in [0, 0.05) is 0 Å². The van der Waals surface area contributed by atoms with E-state index in [1.165, 1.54) is 5.56 Å². The highest BCUT2D eigenvalue weighted by atomic mass is 16.3. The molecular weight excluding hydrogens is 172 g/mol. The molecule has 1 atom stereocenters. The predicted molar refractivity (Wildman–Crippen MR) is 60.2 cm³/mol. The summed E-state index contributed by atoms with van der Waals surface area (Å²) in [7, 11) is 0. The molecule has 0 bridgehead atoms. The van der Waals surface area contributed by atoms with E-state index in [0.29, 0.717) is 0 Å². The number of aryl methyl sites for hydroxylation is 1. The van der Waals surface area contributed by atoms with Crippen molar-refractivity contribution in [3.63, 3.8) is 0 Å². The van der Waals surface area contributed by atoms with Crippen molar-refractivity contribution in [2.24, 2.45) is 0 Å². The number of benzene rings is 1. The van der Waals surface area contributed by atoms with E-state index in [-0.39, 0.29) is 6.10 Å². The van der Waals surface area contributed by atoms with Crippen LogP contribution in [0, 0.1) is 0 Å². The molecule has 0 spiro atoms. The molecule has 76 valence electrons. The Morgan fingerprint density at radius 3 is 2.57 bits per heavy atom. The molecule has 0 saturated carbocycles. The molecule has 0 heterocycles. The number of hydrogen-bond donors (Lipinski definition) is 1. The molecule has 1 heteroatoms. The van der Waals surface area contributed by atoms with Crippen LogP contribution < -0.4 is 0 Å². The topological polar surface area (TPSA) is 20.2 Å². The van der Waals surface area contributed by atoms with Gasteiger partial charge in [-0.1, -0.05) is 42.8 Å². The highest BCUT2D eigenvalue weighted by molar-refractivity contribution is 5.14. The third-order valence-corrected chi connectivity index (χ3v) is 2.33. The summed E-state index contributed by atoms with van der Waals surface area (Å²) in [5.74, 6) is 0. The minimum Gasteiger partial charge on any atom is -0.389 e. The summed E-state index contributed by atoms with van der Waals surface area (Å²) in [6.45, 7) is 3.55. The minimum absolute atomic E-state index is 0.328. The molecule has 1 rings (SSSR count). The first-order chi connectivity index (χ1) is 6.83. The van der Waals surface area contributed by atoms with Gasteiger partial charge in [0.15, 0.2) is 0 Å². The van der Waals surface area contributed by atoms with Crippen LogP contribution in [0.4, 0.5) is 0 Å². The summed E-state index contributed by atoms with van der Waals surface area (Å²) in [6.07, 6.45) is 5.39. The van der Waals surface area contributed by atoms with E-state index < -0.39 is 0 Å². The molecule has 1 aromatic carbocycles. The highest BCUT2D eigenvalue weighted by Gasteiger charge is 1.97. The zero-order valence-corrected chi connectivity index (χ0v) is 8.52. The summed E-state index contributed by atoms with van der Waals surface area (Å²) < 4.78 is 0. The zero-order valence-electron chi connectivity index (χ0n) is 8.52. The maximum atomic E-state index is 9.24. The Morgan fingerprint density at radius 2 is 1.93 bits per heavy atom. The molecule has 0 unspecified atom stereocenters. The van der Waals surface area contributed by atoms with Gasteiger partial charge in [-0.25, -0.2) is 0 Å². The van der Waals surface area contributed by atoms with Gasteiger partial charge in [0.2, 0.25) is 0 Å². The Hall–Kier alpha value is -1.08. The standard InChI is InChI=1S/C13H18O/c1-2-13(14)11-7-6-10-12-8-4-3-5-9-12/h2-5,8-9,13-14H,1,6-7,10-11H2/t13-/m1/s1. The lowest BCUT2D eigenvalue weighted by Gasteiger charge is -2.04. The molecule has 0 amide bonds. The molecule has 14 heavy (non-hydrogen) atoms. The number of unbranched alkanes of at least 4 members (excludes halogenated alkanes) is 1. The average molecular weight is 190 g/mol. The van der Waals surface area contributed by atoms with Crippen molar-refractivity contribution in [2.75, 3.05) is 0 Å². The van der Waals surface area contributed by atoms with Crippen LogP contribution in [0.3, 0.4) is 0 Å². The van der Waals surface area contributed by atoms with E-state index >= 15 is 0 Å². The molecule has 0 fully saturated rings. The van der Waals surface area contributed by atoms with Crippen LogP contribution in [0.15, 0.2) is 43.0 Å². The van der Waals surface area contributed by atoms with Crippen LogP contribution in [-0.4, -0.2) is 11.2 Å². The first kappa shape index (κ1) is 11.0. The van der Waals surface area contributed by atoms with Crippen molar-refractivity contribution in [3.05, 3.63) is 48.6 Å². The second-order valence-corrected chi connectivity index (χ2v) is 3.53. The first-order valence-electron chi connectivity index (χ1n) is 5.17. The van der Waals surface area contributed by atoms with Crippen LogP contribution in [0.5, 0.6) is 0 Å². The summed E-state index contributed by atoms with van der Waals surface area (Å²) in [5, 5.41) is 9.24. The van der Waals surface area contributed by atoms with Gasteiger partial charge >= 0.3 is 0 Å². The summed E-state index contributed by atoms with van der Waals surface area (Å²) >= 11 is 0. The third kappa shape index (κ3) is 4.24. The van der Waals surface area contributed by atoms with E-state index in [1.807, 2.05) is 6.07 Å². The number of aliphatic hydroxyl groups excluding tert-OH is 1. The van der Waals surface area contributed by atoms with Gasteiger partial charge in [0.05, 0.1) is 6.10 Å². The van der Waals surface area contributed by atoms with E-state index in [9.17, 15) is 5.11 Å². The van der Waals surface area contributed by atoms with Crippen molar-refractivity contribution in [3.8, 4) is 0 Å². The van der Waals surface area contributed by atoms with Gasteiger partial charge < -0.3 is 5.11 Å². The van der Waals surface area contributed by atoms with E-state index in [2.05, 4.69) is 30.8 Å². The summed E-state index contributed by atoms with van der Waals surface area (Å²) in [5.41, 5.74) is 1.38. The Morgan fingerprint density at radius 1 is 1.21 bits per heavy atom. The molecule has 0 aliphatic heterocycles. The van der Waals surface area contributed by atoms with Crippen molar-refractivity contribution in [1.82, 2.24) is 0 Å². The van der Waals surface area contributed by atoms with Gasteiger partial charge in [-0.15, -0.1) is 6.58 Å². The monoisotopic (exact) mass is 190 g/mol. The molecule has 0 aliphatic rings. The van der Waals surface area contributed by atoms with Crippen LogP contribution in [0.1, 0.15) is 24.8 Å². The average Bonchev–Trinajstić information content (AvgIpc) is 2.25. The SMILES string of the molecule is C=C[C@@H](O)CCCCc1ccccc1. The van der Waals surface area contributed by atoms with Crippen molar-refractivity contribution in [1.29, 1.82) is 0 Å². The minimum atomic E-state index is -0.328. The fourth-order valence-electron chi connectivity index (χ4n) is 1.45. The number of aliphatic hydroxyl groups is 1. The molecule has 1 nitrogen and oxygen atoms in total. The zero-order chi connectivity index (χ0) is 10.2. The maximum absolute atomic E-state index is 9.24. The molecule has 1 aromatic rings. The molecule has 0 aromatic heterocycles. The van der Waals surface area contributed by atoms with Crippen LogP contribution in [-0.2, 0) is 6.42 Å². The first-order valence-corrected chi connectivity index (χ1v) is 5.17. The quantitative estimate of drug-likeness (QED) is 0.540. The Kier molecular flexibility index (Phi) is 5.02. The fraction of sp³-hybridized carbons (Fsp3) is 0.385. The second kappa shape index (κ2) is 6.39. The Balaban J connectivity index is 2.13. The van der Waals surface area contributed by atoms with Gasteiger partial charge in [-0.05, 0) is 24.8 Å². The summed E-state index contributed by atoms with van der Waals surface area (Å²) in [6, 6.07) is 10.4. The third-order valence-electron chi connectivity index (χ3n) is 2.33. The van der Waals surface area contributed by atoms with Crippen LogP contribution >= 0.6 is 0 Å². The van der Waals surface area contributed by atoms with Gasteiger partial charge in [-0.2, -0.15) is 0 Å². The van der Waals surface area contributed by atoms with Gasteiger partial charge in [0.25, 0.3) is 0 Å². The van der Waals surface area contributed by atoms with Gasteiger partial charge in [0.1, 0.15) is 0 Å². The van der Waals surface area contributed by atoms with Crippen LogP contribution in [0.25, 0.3) is 0 Å². The largest absolute Gasteiger partial charge is 0.389 e. The van der Waals surface area contributed by atoms with Crippen molar-refractivity contribution >= 4 is 0 Å². The van der Waals surface area contributed by atoms with Crippen molar-refractivity contribution < 1.29 is 5.11 Å². The lowest BCUT2D eigenvalue weighted by Crippen LogP contribution is -2.00. The normalized spacial score (nSPS) is 12.4. The maximum Gasteiger partial charge on any atom is 0.0718 e. The van der Waals surface area contributed by atoms with E-state index in [1.54, 1.807) is 6.08 Å². The number of hydrogen-bond acceptors (Lipinski definition) is 1. The van der Waals surface area contributed by atoms with E-state index in [0.717, 1.165) is 25.7 Å². The lowest BCUT2D eigenvalue weighted by atomic mass is 10.1. The molecule has 0 saturated heterocycles. The molecular formula is C13H18O. The Labute approximate surface area is 86.1 Å². The summed E-state index contributed by atoms with van der Waals surface area (Å²) in [4.78, 5) is 0. The highest BCUT2D eigenvalue weighted by Crippen LogP contribution is 2.07. The molecule has 0 radical (unpaired) electrons. The second-order valence-electron chi connectivity index (χ2n) is 3.53. The lowest BCUT2D eigenvalue weighted by molar-refractivity contribution is 0.209. The Bertz CT molecular complexity index is 253. The predicted octanol–water partition coefficient (Wildman–Crippen LogP) is 2.95. The van der Waals surface area contributed by atoms with Gasteiger partial charge in [-0.3, -0.25) is 0 Å². The smallest absolute Gasteiger partial charge is 0.0718 e. The van der Waals surface area contributed by atoms with Crippen LogP contribution in [0.2, 0.25) is 0 Å². The fourth-order valence-corrected chi connectivity index (χ4v) is 1.45. The molecule has 1 N–H and O–H groups in total.